The molecule has 118 valence electrons. The molecule has 1 aliphatic rings. The first kappa shape index (κ1) is 15.2. The van der Waals surface area contributed by atoms with E-state index in [0.717, 1.165) is 11.1 Å². The van der Waals surface area contributed by atoms with Crippen molar-refractivity contribution in [1.82, 2.24) is 5.48 Å². The summed E-state index contributed by atoms with van der Waals surface area (Å²) in [6.07, 6.45) is -0.406. The average molecular weight is 311 g/mol. The maximum atomic E-state index is 11.8. The van der Waals surface area contributed by atoms with Crippen LogP contribution in [-0.2, 0) is 19.2 Å². The van der Waals surface area contributed by atoms with Crippen LogP contribution in [0.5, 0.6) is 0 Å². The number of hydrogen-bond donors (Lipinski definition) is 1. The lowest BCUT2D eigenvalue weighted by molar-refractivity contribution is -0.158. The molecule has 0 amide bonds. The van der Waals surface area contributed by atoms with Gasteiger partial charge in [0.05, 0.1) is 0 Å². The van der Waals surface area contributed by atoms with E-state index in [2.05, 4.69) is 22.5 Å². The Hall–Kier alpha value is -2.66. The first-order valence-electron chi connectivity index (χ1n) is 7.41. The van der Waals surface area contributed by atoms with Crippen molar-refractivity contribution in [3.63, 3.8) is 0 Å². The van der Waals surface area contributed by atoms with Gasteiger partial charge in [0.15, 0.2) is 0 Å². The van der Waals surface area contributed by atoms with Crippen molar-refractivity contribution in [2.24, 2.45) is 0 Å². The Morgan fingerprint density at radius 1 is 0.957 bits per heavy atom. The van der Waals surface area contributed by atoms with Crippen molar-refractivity contribution in [3.8, 4) is 11.1 Å². The standard InChI is InChI=1S/C18H17NO4/c1-19-23-18(21)10-17(20)22-11-16-14-8-4-2-6-12(14)13-7-3-5-9-15(13)16/h2-9,16,19H,10-11H2,1H3. The molecule has 0 saturated heterocycles. The Balaban J connectivity index is 1.73. The fourth-order valence-corrected chi connectivity index (χ4v) is 2.93. The van der Waals surface area contributed by atoms with Crippen molar-refractivity contribution >= 4 is 11.9 Å². The van der Waals surface area contributed by atoms with Gasteiger partial charge >= 0.3 is 11.9 Å². The van der Waals surface area contributed by atoms with Crippen molar-refractivity contribution in [3.05, 3.63) is 59.7 Å². The van der Waals surface area contributed by atoms with E-state index in [0.29, 0.717) is 0 Å². The van der Waals surface area contributed by atoms with Gasteiger partial charge in [-0.05, 0) is 22.3 Å². The van der Waals surface area contributed by atoms with E-state index in [-0.39, 0.29) is 12.5 Å². The summed E-state index contributed by atoms with van der Waals surface area (Å²) in [5, 5.41) is 0. The molecule has 0 saturated carbocycles. The maximum absolute atomic E-state index is 11.8. The Morgan fingerprint density at radius 2 is 1.52 bits per heavy atom. The highest BCUT2D eigenvalue weighted by molar-refractivity contribution is 5.91. The molecule has 0 heterocycles. The smallest absolute Gasteiger partial charge is 0.335 e. The summed E-state index contributed by atoms with van der Waals surface area (Å²) in [7, 11) is 1.45. The molecule has 0 bridgehead atoms. The molecule has 1 aliphatic carbocycles. The summed E-state index contributed by atoms with van der Waals surface area (Å²) < 4.78 is 5.29. The molecule has 0 atom stereocenters. The number of rotatable bonds is 5. The zero-order chi connectivity index (χ0) is 16.2. The molecule has 0 fully saturated rings. The largest absolute Gasteiger partial charge is 0.464 e. The highest BCUT2D eigenvalue weighted by atomic mass is 16.7. The van der Waals surface area contributed by atoms with E-state index < -0.39 is 18.4 Å². The van der Waals surface area contributed by atoms with E-state index in [1.54, 1.807) is 0 Å². The van der Waals surface area contributed by atoms with Crippen molar-refractivity contribution in [2.75, 3.05) is 13.7 Å². The number of carbonyl (C=O) groups excluding carboxylic acids is 2. The van der Waals surface area contributed by atoms with Crippen LogP contribution >= 0.6 is 0 Å². The second-order valence-corrected chi connectivity index (χ2v) is 5.27. The Morgan fingerprint density at radius 3 is 2.09 bits per heavy atom. The third kappa shape index (κ3) is 3.10. The molecular weight excluding hydrogens is 294 g/mol. The number of nitrogens with one attached hydrogen (secondary N) is 1. The first-order chi connectivity index (χ1) is 11.2. The molecule has 2 aromatic carbocycles. The van der Waals surface area contributed by atoms with Crippen LogP contribution in [0.1, 0.15) is 23.5 Å². The Bertz CT molecular complexity index is 696. The molecule has 2 aromatic rings. The molecule has 0 spiro atoms. The summed E-state index contributed by atoms with van der Waals surface area (Å²) in [5.74, 6) is -1.26. The first-order valence-corrected chi connectivity index (χ1v) is 7.41. The predicted octanol–water partition coefficient (Wildman–Crippen LogP) is 2.41. The zero-order valence-corrected chi connectivity index (χ0v) is 12.7. The summed E-state index contributed by atoms with van der Waals surface area (Å²) in [5.41, 5.74) is 6.85. The van der Waals surface area contributed by atoms with Crippen LogP contribution in [0.4, 0.5) is 0 Å². The number of ether oxygens (including phenoxy) is 1. The van der Waals surface area contributed by atoms with Gasteiger partial charge in [-0.1, -0.05) is 48.5 Å². The van der Waals surface area contributed by atoms with E-state index >= 15 is 0 Å². The molecular formula is C18H17NO4. The number of carbonyl (C=O) groups is 2. The van der Waals surface area contributed by atoms with Crippen LogP contribution in [0.2, 0.25) is 0 Å². The van der Waals surface area contributed by atoms with E-state index in [4.69, 9.17) is 4.74 Å². The molecule has 5 heteroatoms. The Labute approximate surface area is 134 Å². The summed E-state index contributed by atoms with van der Waals surface area (Å²) >= 11 is 0. The number of hydroxylamine groups is 1. The summed E-state index contributed by atoms with van der Waals surface area (Å²) in [6, 6.07) is 16.2. The molecule has 0 unspecified atom stereocenters. The lowest BCUT2D eigenvalue weighted by atomic mass is 9.98. The molecule has 23 heavy (non-hydrogen) atoms. The molecule has 0 aliphatic heterocycles. The van der Waals surface area contributed by atoms with Crippen LogP contribution < -0.4 is 5.48 Å². The number of benzene rings is 2. The topological polar surface area (TPSA) is 64.6 Å². The van der Waals surface area contributed by atoms with Gasteiger partial charge in [-0.15, -0.1) is 0 Å². The van der Waals surface area contributed by atoms with E-state index in [1.165, 1.54) is 18.2 Å². The lowest BCUT2D eigenvalue weighted by Gasteiger charge is -2.13. The zero-order valence-electron chi connectivity index (χ0n) is 12.7. The number of fused-ring (bicyclic) bond motifs is 3. The average Bonchev–Trinajstić information content (AvgIpc) is 2.87. The highest BCUT2D eigenvalue weighted by Gasteiger charge is 2.29. The molecule has 0 radical (unpaired) electrons. The van der Waals surface area contributed by atoms with Gasteiger partial charge in [0.1, 0.15) is 13.0 Å². The minimum Gasteiger partial charge on any atom is -0.464 e. The van der Waals surface area contributed by atoms with Crippen LogP contribution in [-0.4, -0.2) is 25.6 Å². The van der Waals surface area contributed by atoms with E-state index in [9.17, 15) is 9.59 Å². The van der Waals surface area contributed by atoms with E-state index in [1.807, 2.05) is 36.4 Å². The van der Waals surface area contributed by atoms with Gasteiger partial charge in [0.25, 0.3) is 0 Å². The molecule has 3 rings (SSSR count). The Kier molecular flexibility index (Phi) is 4.39. The van der Waals surface area contributed by atoms with Gasteiger partial charge in [0, 0.05) is 13.0 Å². The second-order valence-electron chi connectivity index (χ2n) is 5.27. The van der Waals surface area contributed by atoms with Crippen molar-refractivity contribution < 1.29 is 19.2 Å². The van der Waals surface area contributed by atoms with Crippen LogP contribution in [0.15, 0.2) is 48.5 Å². The van der Waals surface area contributed by atoms with Gasteiger partial charge in [0.2, 0.25) is 0 Å². The minimum atomic E-state index is -0.662. The van der Waals surface area contributed by atoms with Gasteiger partial charge in [-0.3, -0.25) is 4.79 Å². The highest BCUT2D eigenvalue weighted by Crippen LogP contribution is 2.44. The number of hydrogen-bond acceptors (Lipinski definition) is 5. The van der Waals surface area contributed by atoms with Gasteiger partial charge < -0.3 is 9.57 Å². The summed E-state index contributed by atoms with van der Waals surface area (Å²) in [6.45, 7) is 0.208. The fourth-order valence-electron chi connectivity index (χ4n) is 2.93. The van der Waals surface area contributed by atoms with Crippen LogP contribution in [0, 0.1) is 0 Å². The van der Waals surface area contributed by atoms with Crippen LogP contribution in [0.3, 0.4) is 0 Å². The monoisotopic (exact) mass is 311 g/mol. The molecule has 5 nitrogen and oxygen atoms in total. The second kappa shape index (κ2) is 6.62. The van der Waals surface area contributed by atoms with Crippen molar-refractivity contribution in [1.29, 1.82) is 0 Å². The molecule has 0 aromatic heterocycles. The van der Waals surface area contributed by atoms with Crippen LogP contribution in [0.25, 0.3) is 11.1 Å². The lowest BCUT2D eigenvalue weighted by Crippen LogP contribution is -2.20. The quantitative estimate of drug-likeness (QED) is 0.522. The summed E-state index contributed by atoms with van der Waals surface area (Å²) in [4.78, 5) is 27.5. The third-order valence-corrected chi connectivity index (χ3v) is 3.88. The van der Waals surface area contributed by atoms with Gasteiger partial charge in [-0.2, -0.15) is 5.48 Å². The minimum absolute atomic E-state index is 0.00771. The SMILES string of the molecule is CNOC(=O)CC(=O)OCC1c2ccccc2-c2ccccc21. The van der Waals surface area contributed by atoms with Gasteiger partial charge in [-0.25, -0.2) is 4.79 Å². The third-order valence-electron chi connectivity index (χ3n) is 3.88. The maximum Gasteiger partial charge on any atom is 0.335 e. The number of esters is 1. The van der Waals surface area contributed by atoms with Crippen molar-refractivity contribution in [2.45, 2.75) is 12.3 Å². The fraction of sp³-hybridized carbons (Fsp3) is 0.222. The normalized spacial score (nSPS) is 12.4. The predicted molar refractivity (Wildman–Crippen MR) is 84.4 cm³/mol. The molecule has 1 N–H and O–H groups in total.